The molecule has 0 bridgehead atoms. The quantitative estimate of drug-likeness (QED) is 0.888. The topological polar surface area (TPSA) is 63.3 Å². The van der Waals surface area contributed by atoms with Crippen LogP contribution in [0.1, 0.15) is 25.6 Å². The van der Waals surface area contributed by atoms with Crippen molar-refractivity contribution in [2.75, 3.05) is 18.8 Å². The Labute approximate surface area is 105 Å². The number of aliphatic imine (C=N–C) groups is 1. The monoisotopic (exact) mass is 254 g/mol. The predicted molar refractivity (Wildman–Crippen MR) is 69.3 cm³/mol. The van der Waals surface area contributed by atoms with Crippen LogP contribution in [-0.4, -0.2) is 34.2 Å². The number of nitrogens with one attached hydrogen (secondary N) is 1. The number of hydrogen-bond acceptors (Lipinski definition) is 6. The molecular weight excluding hydrogens is 236 g/mol. The van der Waals surface area contributed by atoms with Crippen LogP contribution in [0.25, 0.3) is 0 Å². The lowest BCUT2D eigenvalue weighted by Crippen LogP contribution is -2.32. The van der Waals surface area contributed by atoms with Crippen molar-refractivity contribution in [2.45, 2.75) is 27.2 Å². The summed E-state index contributed by atoms with van der Waals surface area (Å²) in [5.74, 6) is 2.47. The first-order valence-corrected chi connectivity index (χ1v) is 6.74. The van der Waals surface area contributed by atoms with E-state index in [1.165, 1.54) is 0 Å². The van der Waals surface area contributed by atoms with E-state index in [-0.39, 0.29) is 0 Å². The second-order valence-corrected chi connectivity index (χ2v) is 5.95. The van der Waals surface area contributed by atoms with Crippen LogP contribution in [0.15, 0.2) is 9.52 Å². The lowest BCUT2D eigenvalue weighted by Gasteiger charge is -2.27. The second-order valence-electron chi connectivity index (χ2n) is 4.99. The zero-order valence-corrected chi connectivity index (χ0v) is 11.3. The lowest BCUT2D eigenvalue weighted by atomic mass is 9.97. The first kappa shape index (κ1) is 12.4. The average molecular weight is 254 g/mol. The molecule has 0 amide bonds. The van der Waals surface area contributed by atoms with Gasteiger partial charge < -0.3 is 9.84 Å². The van der Waals surface area contributed by atoms with E-state index in [2.05, 4.69) is 34.3 Å². The highest BCUT2D eigenvalue weighted by molar-refractivity contribution is 8.13. The molecule has 0 unspecified atom stereocenters. The van der Waals surface area contributed by atoms with Gasteiger partial charge in [-0.25, -0.2) is 0 Å². The highest BCUT2D eigenvalue weighted by atomic mass is 32.2. The fraction of sp³-hybridized carbons (Fsp3) is 0.727. The summed E-state index contributed by atoms with van der Waals surface area (Å²) in [6.07, 6.45) is 0.740. The van der Waals surface area contributed by atoms with Crippen LogP contribution in [0, 0.1) is 12.3 Å². The van der Waals surface area contributed by atoms with Crippen LogP contribution in [0.5, 0.6) is 0 Å². The van der Waals surface area contributed by atoms with Crippen LogP contribution >= 0.6 is 11.8 Å². The third-order valence-electron chi connectivity index (χ3n) is 2.44. The molecule has 0 saturated heterocycles. The largest absolute Gasteiger partial charge is 0.364 e. The van der Waals surface area contributed by atoms with Crippen molar-refractivity contribution in [1.82, 2.24) is 15.5 Å². The molecular formula is C11H18N4OS. The Morgan fingerprint density at radius 2 is 2.29 bits per heavy atom. The maximum Gasteiger partial charge on any atom is 0.228 e. The molecule has 17 heavy (non-hydrogen) atoms. The van der Waals surface area contributed by atoms with Gasteiger partial charge in [0.25, 0.3) is 0 Å². The molecule has 94 valence electrons. The number of nitrogens with zero attached hydrogens (tertiary/aromatic N) is 3. The molecule has 1 aromatic rings. The molecule has 6 heteroatoms. The summed E-state index contributed by atoms with van der Waals surface area (Å²) in [7, 11) is 0. The molecule has 5 nitrogen and oxygen atoms in total. The Kier molecular flexibility index (Phi) is 3.71. The number of thioether (sulfide) groups is 1. The van der Waals surface area contributed by atoms with Crippen LogP contribution < -0.4 is 5.32 Å². The highest BCUT2D eigenvalue weighted by Crippen LogP contribution is 2.26. The summed E-state index contributed by atoms with van der Waals surface area (Å²) in [6, 6.07) is 0. The number of rotatable bonds is 3. The fourth-order valence-electron chi connectivity index (χ4n) is 1.47. The minimum atomic E-state index is 0.319. The van der Waals surface area contributed by atoms with Gasteiger partial charge in [0.15, 0.2) is 11.0 Å². The van der Waals surface area contributed by atoms with Gasteiger partial charge in [-0.3, -0.25) is 4.99 Å². The number of amidine groups is 1. The van der Waals surface area contributed by atoms with Gasteiger partial charge in [-0.2, -0.15) is 4.98 Å². The maximum atomic E-state index is 5.04. The van der Waals surface area contributed by atoms with Gasteiger partial charge in [0, 0.05) is 25.3 Å². The van der Waals surface area contributed by atoms with E-state index in [9.17, 15) is 0 Å². The third kappa shape index (κ3) is 3.73. The van der Waals surface area contributed by atoms with Gasteiger partial charge in [0.05, 0.1) is 0 Å². The van der Waals surface area contributed by atoms with Crippen molar-refractivity contribution in [3.8, 4) is 0 Å². The molecule has 1 aromatic heterocycles. The van der Waals surface area contributed by atoms with Gasteiger partial charge in [0.1, 0.15) is 0 Å². The average Bonchev–Trinajstić information content (AvgIpc) is 2.67. The van der Waals surface area contributed by atoms with Crippen molar-refractivity contribution >= 4 is 16.9 Å². The minimum absolute atomic E-state index is 0.319. The van der Waals surface area contributed by atoms with Gasteiger partial charge >= 0.3 is 0 Å². The summed E-state index contributed by atoms with van der Waals surface area (Å²) in [5.41, 5.74) is 0.319. The molecule has 0 aromatic carbocycles. The molecule has 0 atom stereocenters. The molecule has 1 aliphatic heterocycles. The summed E-state index contributed by atoms with van der Waals surface area (Å²) in [6.45, 7) is 7.97. The molecule has 0 spiro atoms. The Morgan fingerprint density at radius 3 is 2.88 bits per heavy atom. The van der Waals surface area contributed by atoms with E-state index in [1.807, 2.05) is 6.92 Å². The lowest BCUT2D eigenvalue weighted by molar-refractivity contribution is 0.374. The zero-order valence-electron chi connectivity index (χ0n) is 10.5. The Bertz CT molecular complexity index is 413. The standard InChI is InChI=1S/C11H18N4OS/c1-8-14-9(16-15-8)4-5-12-10-13-6-11(2,3)7-17-10/h4-7H2,1-3H3,(H,12,13). The molecule has 1 aliphatic rings. The van der Waals surface area contributed by atoms with Gasteiger partial charge in [-0.05, 0) is 12.3 Å². The summed E-state index contributed by atoms with van der Waals surface area (Å²) < 4.78 is 5.04. The normalized spacial score (nSPS) is 18.9. The van der Waals surface area contributed by atoms with Crippen molar-refractivity contribution in [3.63, 3.8) is 0 Å². The summed E-state index contributed by atoms with van der Waals surface area (Å²) >= 11 is 1.78. The van der Waals surface area contributed by atoms with Crippen LogP contribution in [0.3, 0.4) is 0 Å². The minimum Gasteiger partial charge on any atom is -0.364 e. The number of aromatic nitrogens is 2. The molecule has 0 fully saturated rings. The van der Waals surface area contributed by atoms with E-state index in [1.54, 1.807) is 11.8 Å². The van der Waals surface area contributed by atoms with Gasteiger partial charge in [0.2, 0.25) is 5.89 Å². The highest BCUT2D eigenvalue weighted by Gasteiger charge is 2.23. The van der Waals surface area contributed by atoms with Gasteiger partial charge in [-0.1, -0.05) is 30.8 Å². The van der Waals surface area contributed by atoms with E-state index in [0.717, 1.165) is 30.4 Å². The smallest absolute Gasteiger partial charge is 0.228 e. The van der Waals surface area contributed by atoms with Crippen molar-refractivity contribution in [1.29, 1.82) is 0 Å². The zero-order chi connectivity index (χ0) is 12.3. The Morgan fingerprint density at radius 1 is 1.47 bits per heavy atom. The summed E-state index contributed by atoms with van der Waals surface area (Å²) in [4.78, 5) is 8.67. The first-order valence-electron chi connectivity index (χ1n) is 5.75. The van der Waals surface area contributed by atoms with Crippen LogP contribution in [0.4, 0.5) is 0 Å². The van der Waals surface area contributed by atoms with E-state index in [4.69, 9.17) is 4.52 Å². The van der Waals surface area contributed by atoms with E-state index in [0.29, 0.717) is 17.1 Å². The molecule has 0 aliphatic carbocycles. The van der Waals surface area contributed by atoms with Crippen molar-refractivity contribution < 1.29 is 4.52 Å². The number of aryl methyl sites for hydroxylation is 1. The third-order valence-corrected chi connectivity index (χ3v) is 3.91. The van der Waals surface area contributed by atoms with Crippen molar-refractivity contribution in [3.05, 3.63) is 11.7 Å². The number of hydrogen-bond donors (Lipinski definition) is 1. The SMILES string of the molecule is Cc1noc(CCNC2=NCC(C)(C)CS2)n1. The van der Waals surface area contributed by atoms with E-state index < -0.39 is 0 Å². The molecule has 2 rings (SSSR count). The fourth-order valence-corrected chi connectivity index (χ4v) is 2.44. The van der Waals surface area contributed by atoms with Crippen LogP contribution in [0.2, 0.25) is 0 Å². The molecule has 1 N–H and O–H groups in total. The molecule has 2 heterocycles. The first-order chi connectivity index (χ1) is 8.05. The molecule has 0 radical (unpaired) electrons. The van der Waals surface area contributed by atoms with E-state index >= 15 is 0 Å². The van der Waals surface area contributed by atoms with Crippen LogP contribution in [-0.2, 0) is 6.42 Å². The van der Waals surface area contributed by atoms with Crippen molar-refractivity contribution in [2.24, 2.45) is 10.4 Å². The predicted octanol–water partition coefficient (Wildman–Crippen LogP) is 1.64. The Hall–Kier alpha value is -1.04. The second kappa shape index (κ2) is 5.08. The van der Waals surface area contributed by atoms with Gasteiger partial charge in [-0.15, -0.1) is 0 Å². The maximum absolute atomic E-state index is 5.04. The Balaban J connectivity index is 1.74. The summed E-state index contributed by atoms with van der Waals surface area (Å²) in [5, 5.41) is 8.08. The molecule has 0 saturated carbocycles.